The molecule has 0 aromatic rings. The second-order valence-electron chi connectivity index (χ2n) is 6.84. The van der Waals surface area contributed by atoms with E-state index in [0.717, 1.165) is 19.5 Å². The Morgan fingerprint density at radius 2 is 1.95 bits per heavy atom. The maximum absolute atomic E-state index is 11.9. The minimum atomic E-state index is -3.05. The topological polar surface area (TPSA) is 83.6 Å². The summed E-state index contributed by atoms with van der Waals surface area (Å²) >= 11 is 0. The van der Waals surface area contributed by atoms with Gasteiger partial charge in [-0.25, -0.2) is 8.42 Å². The molecule has 6 heteroatoms. The van der Waals surface area contributed by atoms with E-state index >= 15 is 0 Å². The van der Waals surface area contributed by atoms with Crippen molar-refractivity contribution >= 4 is 9.84 Å². The summed E-state index contributed by atoms with van der Waals surface area (Å²) in [4.78, 5) is 2.35. The van der Waals surface area contributed by atoms with E-state index in [1.54, 1.807) is 0 Å². The molecule has 0 amide bonds. The van der Waals surface area contributed by atoms with Gasteiger partial charge in [0.25, 0.3) is 0 Å². The Hall–Kier alpha value is -0.170. The third-order valence-electron chi connectivity index (χ3n) is 5.34. The van der Waals surface area contributed by atoms with Gasteiger partial charge < -0.3 is 15.7 Å². The molecule has 2 aliphatic heterocycles. The fraction of sp³-hybridized carbons (Fsp3) is 1.00. The van der Waals surface area contributed by atoms with Crippen molar-refractivity contribution in [1.29, 1.82) is 0 Å². The van der Waals surface area contributed by atoms with Gasteiger partial charge in [-0.3, -0.25) is 0 Å². The van der Waals surface area contributed by atoms with Gasteiger partial charge in [0.2, 0.25) is 0 Å². The average Bonchev–Trinajstić information content (AvgIpc) is 2.56. The molecule has 2 unspecified atom stereocenters. The Labute approximate surface area is 122 Å². The molecule has 0 spiro atoms. The lowest BCUT2D eigenvalue weighted by molar-refractivity contribution is -0.0787. The zero-order valence-electron chi connectivity index (χ0n) is 12.6. The summed E-state index contributed by atoms with van der Waals surface area (Å²) in [7, 11) is -3.05. The van der Waals surface area contributed by atoms with E-state index < -0.39 is 20.9 Å². The molecular formula is C14H28N2O3S. The number of aliphatic hydroxyl groups is 1. The molecule has 0 bridgehead atoms. The first-order chi connectivity index (χ1) is 9.24. The van der Waals surface area contributed by atoms with Crippen LogP contribution < -0.4 is 5.73 Å². The summed E-state index contributed by atoms with van der Waals surface area (Å²) in [5.74, 6) is 0.217. The van der Waals surface area contributed by atoms with Gasteiger partial charge >= 0.3 is 0 Å². The van der Waals surface area contributed by atoms with Gasteiger partial charge in [0.1, 0.15) is 0 Å². The molecule has 2 atom stereocenters. The standard InChI is InChI=1S/C14H28N2O3S/c1-12(2)16-7-3-4-14(17,5-8-16)13(10-15)6-9-20(18,19)11-13/h12,17H,3-11,15H2,1-2H3. The van der Waals surface area contributed by atoms with Gasteiger partial charge in [-0.2, -0.15) is 0 Å². The fourth-order valence-electron chi connectivity index (χ4n) is 3.82. The molecule has 0 aliphatic carbocycles. The number of sulfone groups is 1. The van der Waals surface area contributed by atoms with Crippen LogP contribution in [0.1, 0.15) is 39.5 Å². The van der Waals surface area contributed by atoms with E-state index in [4.69, 9.17) is 5.73 Å². The average molecular weight is 304 g/mol. The zero-order chi connectivity index (χ0) is 15.0. The van der Waals surface area contributed by atoms with Gasteiger partial charge in [0, 0.05) is 24.5 Å². The van der Waals surface area contributed by atoms with Crippen LogP contribution in [0.5, 0.6) is 0 Å². The van der Waals surface area contributed by atoms with Crippen LogP contribution in [-0.4, -0.2) is 61.2 Å². The molecule has 2 saturated heterocycles. The van der Waals surface area contributed by atoms with Crippen molar-refractivity contribution in [3.63, 3.8) is 0 Å². The van der Waals surface area contributed by atoms with Crippen LogP contribution in [0, 0.1) is 5.41 Å². The molecule has 2 rings (SSSR count). The number of hydrogen-bond acceptors (Lipinski definition) is 5. The number of rotatable bonds is 3. The molecule has 5 nitrogen and oxygen atoms in total. The highest BCUT2D eigenvalue weighted by molar-refractivity contribution is 7.91. The Bertz CT molecular complexity index is 451. The van der Waals surface area contributed by atoms with E-state index in [9.17, 15) is 13.5 Å². The van der Waals surface area contributed by atoms with E-state index in [-0.39, 0.29) is 18.1 Å². The van der Waals surface area contributed by atoms with Gasteiger partial charge in [-0.15, -0.1) is 0 Å². The fourth-order valence-corrected chi connectivity index (χ4v) is 6.04. The minimum absolute atomic E-state index is 0.0503. The van der Waals surface area contributed by atoms with Crippen molar-refractivity contribution in [2.24, 2.45) is 11.1 Å². The molecule has 0 radical (unpaired) electrons. The maximum atomic E-state index is 11.9. The van der Waals surface area contributed by atoms with Crippen LogP contribution in [0.25, 0.3) is 0 Å². The molecular weight excluding hydrogens is 276 g/mol. The van der Waals surface area contributed by atoms with Gasteiger partial charge in [-0.05, 0) is 46.1 Å². The first-order valence-electron chi connectivity index (χ1n) is 7.61. The quantitative estimate of drug-likeness (QED) is 0.787. The van der Waals surface area contributed by atoms with Crippen LogP contribution in [0.4, 0.5) is 0 Å². The number of hydrogen-bond donors (Lipinski definition) is 2. The van der Waals surface area contributed by atoms with Gasteiger partial charge in [0.15, 0.2) is 9.84 Å². The molecule has 0 aromatic carbocycles. The zero-order valence-corrected chi connectivity index (χ0v) is 13.5. The lowest BCUT2D eigenvalue weighted by Crippen LogP contribution is -2.54. The first kappa shape index (κ1) is 16.2. The highest BCUT2D eigenvalue weighted by atomic mass is 32.2. The van der Waals surface area contributed by atoms with Crippen molar-refractivity contribution in [2.45, 2.75) is 51.2 Å². The van der Waals surface area contributed by atoms with Crippen LogP contribution >= 0.6 is 0 Å². The number of nitrogens with two attached hydrogens (primary N) is 1. The minimum Gasteiger partial charge on any atom is -0.389 e. The third kappa shape index (κ3) is 2.89. The van der Waals surface area contributed by atoms with E-state index in [1.165, 1.54) is 0 Å². The summed E-state index contributed by atoms with van der Waals surface area (Å²) < 4.78 is 23.7. The van der Waals surface area contributed by atoms with Crippen LogP contribution in [0.2, 0.25) is 0 Å². The largest absolute Gasteiger partial charge is 0.389 e. The predicted octanol–water partition coefficient (Wildman–Crippen LogP) is 0.375. The third-order valence-corrected chi connectivity index (χ3v) is 7.16. The van der Waals surface area contributed by atoms with Crippen molar-refractivity contribution < 1.29 is 13.5 Å². The van der Waals surface area contributed by atoms with Crippen molar-refractivity contribution in [2.75, 3.05) is 31.1 Å². The highest BCUT2D eigenvalue weighted by Crippen LogP contribution is 2.46. The van der Waals surface area contributed by atoms with Crippen molar-refractivity contribution in [1.82, 2.24) is 4.90 Å². The summed E-state index contributed by atoms with van der Waals surface area (Å²) in [6.07, 6.45) is 2.68. The highest BCUT2D eigenvalue weighted by Gasteiger charge is 2.55. The molecule has 3 N–H and O–H groups in total. The van der Waals surface area contributed by atoms with Crippen LogP contribution in [-0.2, 0) is 9.84 Å². The lowest BCUT2D eigenvalue weighted by Gasteiger charge is -2.43. The van der Waals surface area contributed by atoms with Crippen molar-refractivity contribution in [3.05, 3.63) is 0 Å². The summed E-state index contributed by atoms with van der Waals surface area (Å²) in [6, 6.07) is 0.457. The SMILES string of the molecule is CC(C)N1CCCC(O)(C2(CN)CCS(=O)(=O)C2)CC1. The Balaban J connectivity index is 2.21. The van der Waals surface area contributed by atoms with E-state index in [1.807, 2.05) is 0 Å². The van der Waals surface area contributed by atoms with E-state index in [2.05, 4.69) is 18.7 Å². The normalized spacial score (nSPS) is 39.0. The molecule has 2 fully saturated rings. The number of likely N-dealkylation sites (tertiary alicyclic amines) is 1. The second-order valence-corrected chi connectivity index (χ2v) is 9.03. The number of nitrogens with zero attached hydrogens (tertiary/aromatic N) is 1. The second kappa shape index (κ2) is 5.55. The molecule has 2 aliphatic rings. The molecule has 0 saturated carbocycles. The van der Waals surface area contributed by atoms with E-state index in [0.29, 0.717) is 25.3 Å². The first-order valence-corrected chi connectivity index (χ1v) is 9.43. The molecule has 20 heavy (non-hydrogen) atoms. The Kier molecular flexibility index (Phi) is 4.50. The Morgan fingerprint density at radius 1 is 1.25 bits per heavy atom. The Morgan fingerprint density at radius 3 is 2.45 bits per heavy atom. The smallest absolute Gasteiger partial charge is 0.151 e. The summed E-state index contributed by atoms with van der Waals surface area (Å²) in [5, 5.41) is 11.2. The van der Waals surface area contributed by atoms with Crippen LogP contribution in [0.15, 0.2) is 0 Å². The lowest BCUT2D eigenvalue weighted by atomic mass is 9.68. The van der Waals surface area contributed by atoms with Crippen molar-refractivity contribution in [3.8, 4) is 0 Å². The monoisotopic (exact) mass is 304 g/mol. The molecule has 118 valence electrons. The summed E-state index contributed by atoms with van der Waals surface area (Å²) in [5.41, 5.74) is 4.34. The summed E-state index contributed by atoms with van der Waals surface area (Å²) in [6.45, 7) is 6.35. The maximum Gasteiger partial charge on any atom is 0.151 e. The van der Waals surface area contributed by atoms with Crippen LogP contribution in [0.3, 0.4) is 0 Å². The predicted molar refractivity (Wildman–Crippen MR) is 80.3 cm³/mol. The molecule has 2 heterocycles. The molecule has 0 aromatic heterocycles. The van der Waals surface area contributed by atoms with Gasteiger partial charge in [0.05, 0.1) is 17.1 Å². The van der Waals surface area contributed by atoms with Gasteiger partial charge in [-0.1, -0.05) is 0 Å².